The third kappa shape index (κ3) is 3.63. The van der Waals surface area contributed by atoms with Crippen molar-refractivity contribution in [1.29, 1.82) is 0 Å². The second-order valence-corrected chi connectivity index (χ2v) is 5.42. The van der Waals surface area contributed by atoms with E-state index in [4.69, 9.17) is 9.47 Å². The van der Waals surface area contributed by atoms with E-state index in [1.165, 1.54) is 0 Å². The van der Waals surface area contributed by atoms with E-state index in [9.17, 15) is 9.59 Å². The SMILES string of the molecule is Cn1ccc2ccc(C(=O)OCC(=O)OCc3ccccc3)cc21. The second-order valence-electron chi connectivity index (χ2n) is 5.42. The van der Waals surface area contributed by atoms with Crippen LogP contribution < -0.4 is 0 Å². The number of esters is 2. The third-order valence-electron chi connectivity index (χ3n) is 3.69. The van der Waals surface area contributed by atoms with Crippen LogP contribution in [0.3, 0.4) is 0 Å². The maximum atomic E-state index is 12.1. The van der Waals surface area contributed by atoms with Gasteiger partial charge >= 0.3 is 11.9 Å². The Morgan fingerprint density at radius 2 is 1.79 bits per heavy atom. The monoisotopic (exact) mass is 323 g/mol. The molecule has 0 spiro atoms. The van der Waals surface area contributed by atoms with Gasteiger partial charge in [0, 0.05) is 18.8 Å². The van der Waals surface area contributed by atoms with Gasteiger partial charge in [0.05, 0.1) is 5.56 Å². The number of ether oxygens (including phenoxy) is 2. The molecule has 3 aromatic rings. The van der Waals surface area contributed by atoms with Crippen LogP contribution in [-0.4, -0.2) is 23.1 Å². The van der Waals surface area contributed by atoms with Crippen LogP contribution in [0, 0.1) is 0 Å². The van der Waals surface area contributed by atoms with Gasteiger partial charge in [-0.3, -0.25) is 0 Å². The number of benzene rings is 2. The molecule has 122 valence electrons. The Labute approximate surface area is 139 Å². The molecule has 1 heterocycles. The van der Waals surface area contributed by atoms with E-state index in [2.05, 4.69) is 0 Å². The van der Waals surface area contributed by atoms with Crippen LogP contribution in [-0.2, 0) is 27.9 Å². The summed E-state index contributed by atoms with van der Waals surface area (Å²) in [6.07, 6.45) is 1.92. The quantitative estimate of drug-likeness (QED) is 0.677. The average Bonchev–Trinajstić information content (AvgIpc) is 2.99. The number of hydrogen-bond acceptors (Lipinski definition) is 4. The highest BCUT2D eigenvalue weighted by molar-refractivity contribution is 5.95. The van der Waals surface area contributed by atoms with Crippen LogP contribution in [0.15, 0.2) is 60.8 Å². The van der Waals surface area contributed by atoms with Gasteiger partial charge in [-0.25, -0.2) is 9.59 Å². The summed E-state index contributed by atoms with van der Waals surface area (Å²) in [7, 11) is 1.90. The van der Waals surface area contributed by atoms with Gasteiger partial charge in [-0.15, -0.1) is 0 Å². The molecule has 0 aliphatic heterocycles. The Balaban J connectivity index is 1.54. The minimum atomic E-state index is -0.577. The molecule has 0 unspecified atom stereocenters. The summed E-state index contributed by atoms with van der Waals surface area (Å²) in [5.41, 5.74) is 2.21. The van der Waals surface area contributed by atoms with Crippen LogP contribution in [0.4, 0.5) is 0 Å². The molecule has 0 amide bonds. The lowest BCUT2D eigenvalue weighted by Crippen LogP contribution is -2.16. The Morgan fingerprint density at radius 3 is 2.58 bits per heavy atom. The molecule has 1 aromatic heterocycles. The van der Waals surface area contributed by atoms with Crippen molar-refractivity contribution in [2.24, 2.45) is 7.05 Å². The van der Waals surface area contributed by atoms with Crippen molar-refractivity contribution >= 4 is 22.8 Å². The molecule has 0 fully saturated rings. The normalized spacial score (nSPS) is 10.5. The Bertz CT molecular complexity index is 867. The van der Waals surface area contributed by atoms with Crippen LogP contribution >= 0.6 is 0 Å². The number of aryl methyl sites for hydroxylation is 1. The predicted molar refractivity (Wildman–Crippen MR) is 89.4 cm³/mol. The van der Waals surface area contributed by atoms with Gasteiger partial charge in [-0.1, -0.05) is 36.4 Å². The van der Waals surface area contributed by atoms with E-state index in [0.29, 0.717) is 5.56 Å². The highest BCUT2D eigenvalue weighted by atomic mass is 16.6. The maximum Gasteiger partial charge on any atom is 0.344 e. The Kier molecular flexibility index (Phi) is 4.61. The van der Waals surface area contributed by atoms with Crippen molar-refractivity contribution in [3.8, 4) is 0 Å². The summed E-state index contributed by atoms with van der Waals surface area (Å²) < 4.78 is 12.0. The van der Waals surface area contributed by atoms with Gasteiger partial charge in [0.2, 0.25) is 0 Å². The van der Waals surface area contributed by atoms with Crippen molar-refractivity contribution in [2.45, 2.75) is 6.61 Å². The van der Waals surface area contributed by atoms with Gasteiger partial charge in [0.1, 0.15) is 6.61 Å². The molecular weight excluding hydrogens is 306 g/mol. The lowest BCUT2D eigenvalue weighted by atomic mass is 10.1. The molecule has 0 radical (unpaired) electrons. The van der Waals surface area contributed by atoms with Gasteiger partial charge in [-0.2, -0.15) is 0 Å². The minimum absolute atomic E-state index is 0.159. The molecular formula is C19H17NO4. The molecule has 5 nitrogen and oxygen atoms in total. The van der Waals surface area contributed by atoms with E-state index < -0.39 is 18.5 Å². The van der Waals surface area contributed by atoms with Crippen molar-refractivity contribution < 1.29 is 19.1 Å². The van der Waals surface area contributed by atoms with Crippen LogP contribution in [0.2, 0.25) is 0 Å². The Hall–Kier alpha value is -3.08. The number of rotatable bonds is 5. The summed E-state index contributed by atoms with van der Waals surface area (Å²) in [6.45, 7) is -0.247. The zero-order chi connectivity index (χ0) is 16.9. The van der Waals surface area contributed by atoms with E-state index >= 15 is 0 Å². The number of hydrogen-bond donors (Lipinski definition) is 0. The minimum Gasteiger partial charge on any atom is -0.458 e. The zero-order valence-electron chi connectivity index (χ0n) is 13.3. The fourth-order valence-corrected chi connectivity index (χ4v) is 2.38. The lowest BCUT2D eigenvalue weighted by Gasteiger charge is -2.07. The van der Waals surface area contributed by atoms with Gasteiger partial charge in [0.25, 0.3) is 0 Å². The summed E-state index contributed by atoms with van der Waals surface area (Å²) in [6, 6.07) is 16.6. The highest BCUT2D eigenvalue weighted by Crippen LogP contribution is 2.17. The first-order chi connectivity index (χ1) is 11.6. The summed E-state index contributed by atoms with van der Waals surface area (Å²) >= 11 is 0. The smallest absolute Gasteiger partial charge is 0.344 e. The first-order valence-corrected chi connectivity index (χ1v) is 7.55. The number of aromatic nitrogens is 1. The molecule has 0 aliphatic carbocycles. The van der Waals surface area contributed by atoms with Gasteiger partial charge in [0.15, 0.2) is 6.61 Å². The summed E-state index contributed by atoms with van der Waals surface area (Å²) in [5, 5.41) is 1.04. The van der Waals surface area contributed by atoms with E-state index in [1.54, 1.807) is 12.1 Å². The third-order valence-corrected chi connectivity index (χ3v) is 3.69. The van der Waals surface area contributed by atoms with Crippen LogP contribution in [0.1, 0.15) is 15.9 Å². The lowest BCUT2D eigenvalue weighted by molar-refractivity contribution is -0.148. The molecule has 5 heteroatoms. The predicted octanol–water partition coefficient (Wildman–Crippen LogP) is 3.08. The molecule has 3 rings (SSSR count). The topological polar surface area (TPSA) is 57.5 Å². The van der Waals surface area contributed by atoms with Crippen LogP contribution in [0.25, 0.3) is 10.9 Å². The standard InChI is InChI=1S/C19H17NO4/c1-20-10-9-15-7-8-16(11-17(15)20)19(22)24-13-18(21)23-12-14-5-3-2-4-6-14/h2-11H,12-13H2,1H3. The number of carbonyl (C=O) groups is 2. The number of carbonyl (C=O) groups excluding carboxylic acids is 2. The van der Waals surface area contributed by atoms with Crippen molar-refractivity contribution in [1.82, 2.24) is 4.57 Å². The molecule has 0 atom stereocenters. The second kappa shape index (κ2) is 7.00. The van der Waals surface area contributed by atoms with Gasteiger partial charge < -0.3 is 14.0 Å². The molecule has 0 aliphatic rings. The van der Waals surface area contributed by atoms with Gasteiger partial charge in [-0.05, 0) is 29.1 Å². The van der Waals surface area contributed by atoms with Crippen molar-refractivity contribution in [3.05, 3.63) is 71.9 Å². The zero-order valence-corrected chi connectivity index (χ0v) is 13.3. The first-order valence-electron chi connectivity index (χ1n) is 7.55. The average molecular weight is 323 g/mol. The summed E-state index contributed by atoms with van der Waals surface area (Å²) in [5.74, 6) is -1.12. The van der Waals surface area contributed by atoms with Crippen LogP contribution in [0.5, 0.6) is 0 Å². The number of fused-ring (bicyclic) bond motifs is 1. The fourth-order valence-electron chi connectivity index (χ4n) is 2.38. The van der Waals surface area contributed by atoms with Crippen molar-refractivity contribution in [2.75, 3.05) is 6.61 Å². The molecule has 2 aromatic carbocycles. The highest BCUT2D eigenvalue weighted by Gasteiger charge is 2.12. The maximum absolute atomic E-state index is 12.1. The molecule has 24 heavy (non-hydrogen) atoms. The Morgan fingerprint density at radius 1 is 1.00 bits per heavy atom. The van der Waals surface area contributed by atoms with E-state index in [1.807, 2.05) is 60.3 Å². The fraction of sp³-hybridized carbons (Fsp3) is 0.158. The summed E-state index contributed by atoms with van der Waals surface area (Å²) in [4.78, 5) is 23.7. The van der Waals surface area contributed by atoms with E-state index in [-0.39, 0.29) is 6.61 Å². The molecule has 0 saturated carbocycles. The first kappa shape index (κ1) is 15.8. The largest absolute Gasteiger partial charge is 0.458 e. The molecule has 0 saturated heterocycles. The number of nitrogens with zero attached hydrogens (tertiary/aromatic N) is 1. The van der Waals surface area contributed by atoms with Crippen molar-refractivity contribution in [3.63, 3.8) is 0 Å². The van der Waals surface area contributed by atoms with E-state index in [0.717, 1.165) is 16.5 Å². The molecule has 0 N–H and O–H groups in total. The molecule has 0 bridgehead atoms.